The number of quaternary nitrogens is 1. The minimum atomic E-state index is -0.600. The van der Waals surface area contributed by atoms with Crippen molar-refractivity contribution in [2.45, 2.75) is 51.9 Å². The average Bonchev–Trinajstić information content (AvgIpc) is 3.00. The van der Waals surface area contributed by atoms with Gasteiger partial charge < -0.3 is 14.3 Å². The van der Waals surface area contributed by atoms with E-state index in [0.29, 0.717) is 11.8 Å². The Morgan fingerprint density at radius 2 is 1.74 bits per heavy atom. The zero-order valence-electron chi connectivity index (χ0n) is 24.7. The zero-order chi connectivity index (χ0) is 29.6. The van der Waals surface area contributed by atoms with E-state index in [-0.39, 0.29) is 6.04 Å². The van der Waals surface area contributed by atoms with Crippen molar-refractivity contribution in [2.75, 3.05) is 20.2 Å². The van der Waals surface area contributed by atoms with Crippen molar-refractivity contribution in [2.24, 2.45) is 11.8 Å². The Balaban J connectivity index is 1.43. The highest BCUT2D eigenvalue weighted by Gasteiger charge is 2.54. The lowest BCUT2D eigenvalue weighted by atomic mass is 9.71. The predicted octanol–water partition coefficient (Wildman–Crippen LogP) is 7.97. The minimum Gasteiger partial charge on any atom is -0.497 e. The van der Waals surface area contributed by atoms with Gasteiger partial charge in [-0.05, 0) is 56.2 Å². The van der Waals surface area contributed by atoms with Crippen molar-refractivity contribution in [1.82, 2.24) is 0 Å². The molecule has 4 nitrogen and oxygen atoms in total. The Hall–Kier alpha value is -2.51. The Kier molecular flexibility index (Phi) is 8.36. The highest BCUT2D eigenvalue weighted by molar-refractivity contribution is 9.10. The third-order valence-electron chi connectivity index (χ3n) is 9.85. The predicted molar refractivity (Wildman–Crippen MR) is 176 cm³/mol. The number of aromatic nitrogens is 1. The van der Waals surface area contributed by atoms with E-state index in [1.165, 1.54) is 28.7 Å². The molecule has 0 spiro atoms. The molecule has 3 unspecified atom stereocenters. The number of halogens is 2. The van der Waals surface area contributed by atoms with Gasteiger partial charge in [-0.3, -0.25) is 0 Å². The molecular formula is C36H40Br2N2O2+2. The van der Waals surface area contributed by atoms with Gasteiger partial charge in [-0.25, -0.2) is 0 Å². The van der Waals surface area contributed by atoms with Crippen molar-refractivity contribution in [1.29, 1.82) is 0 Å². The monoisotopic (exact) mass is 690 g/mol. The maximum Gasteiger partial charge on any atom is 0.213 e. The second-order valence-electron chi connectivity index (χ2n) is 12.5. The van der Waals surface area contributed by atoms with Gasteiger partial charge in [-0.1, -0.05) is 61.2 Å². The lowest BCUT2D eigenvalue weighted by Crippen LogP contribution is -2.67. The number of aliphatic hydroxyl groups is 1. The first-order chi connectivity index (χ1) is 20.2. The van der Waals surface area contributed by atoms with Gasteiger partial charge in [-0.2, -0.15) is 4.57 Å². The third kappa shape index (κ3) is 5.47. The van der Waals surface area contributed by atoms with Gasteiger partial charge in [0.2, 0.25) is 5.52 Å². The van der Waals surface area contributed by atoms with Crippen molar-refractivity contribution in [3.63, 3.8) is 0 Å². The van der Waals surface area contributed by atoms with E-state index in [9.17, 15) is 5.11 Å². The molecule has 4 heterocycles. The topological polar surface area (TPSA) is 33.3 Å². The fourth-order valence-corrected chi connectivity index (χ4v) is 8.36. The average molecular weight is 693 g/mol. The zero-order valence-corrected chi connectivity index (χ0v) is 27.9. The number of hydrogen-bond donors (Lipinski definition) is 1. The molecule has 5 atom stereocenters. The highest BCUT2D eigenvalue weighted by atomic mass is 79.9. The second kappa shape index (κ2) is 11.9. The first-order valence-electron chi connectivity index (χ1n) is 14.9. The summed E-state index contributed by atoms with van der Waals surface area (Å²) in [6.07, 6.45) is 5.89. The van der Waals surface area contributed by atoms with Crippen LogP contribution < -0.4 is 9.30 Å². The molecule has 2 bridgehead atoms. The van der Waals surface area contributed by atoms with Crippen molar-refractivity contribution >= 4 is 42.8 Å². The van der Waals surface area contributed by atoms with Crippen LogP contribution in [0, 0.1) is 25.7 Å². The molecule has 0 radical (unpaired) electrons. The van der Waals surface area contributed by atoms with Crippen LogP contribution in [0.1, 0.15) is 46.8 Å². The number of rotatable bonds is 8. The molecule has 1 N–H and O–H groups in total. The van der Waals surface area contributed by atoms with Crippen LogP contribution in [-0.2, 0) is 13.1 Å². The molecule has 3 fully saturated rings. The summed E-state index contributed by atoms with van der Waals surface area (Å²) in [5.41, 5.74) is 7.12. The largest absolute Gasteiger partial charge is 0.497 e. The number of methoxy groups -OCH3 is 1. The summed E-state index contributed by atoms with van der Waals surface area (Å²) < 4.78 is 11.1. The Morgan fingerprint density at radius 3 is 2.45 bits per heavy atom. The summed E-state index contributed by atoms with van der Waals surface area (Å²) in [4.78, 5) is 0. The molecule has 3 aromatic carbocycles. The SMILES string of the molecule is C=C[C@@H]1C[N+]2(Cc3cc(C)ccc3Br)CCC1CC2[C@@H](O)c1cc[n+](Cc2cc(C)ccc2Br)c2ccc(OC)cc12. The van der Waals surface area contributed by atoms with Crippen LogP contribution in [0.5, 0.6) is 5.75 Å². The number of benzene rings is 3. The summed E-state index contributed by atoms with van der Waals surface area (Å²) in [5.74, 6) is 1.85. The van der Waals surface area contributed by atoms with Crippen LogP contribution in [0.25, 0.3) is 10.9 Å². The Labute approximate surface area is 266 Å². The normalized spacial score (nSPS) is 24.1. The standard InChI is InChI=1S/C36H40Br2N2O2/c1-5-25-21-40(22-28-17-24(3)7-10-33(28)38)15-13-26(25)18-35(40)36(41)30-12-14-39(20-27-16-23(2)6-9-32(27)37)34-11-8-29(42-4)19-31(30)34/h5-12,14,16-17,19,25-26,35-36,41H,1,13,15,18,20-22H2,2-4H3/q+2/t25-,26?,35?,36+,40?/m1/s1. The van der Waals surface area contributed by atoms with Gasteiger partial charge in [0, 0.05) is 56.5 Å². The van der Waals surface area contributed by atoms with Crippen LogP contribution in [0.15, 0.2) is 88.5 Å². The first kappa shape index (κ1) is 29.6. The van der Waals surface area contributed by atoms with Crippen molar-refractivity contribution in [3.05, 3.63) is 116 Å². The molecule has 4 aromatic rings. The molecule has 0 aliphatic carbocycles. The van der Waals surface area contributed by atoms with Crippen molar-refractivity contribution in [3.8, 4) is 5.75 Å². The number of nitrogens with zero attached hydrogens (tertiary/aromatic N) is 2. The maximum atomic E-state index is 12.4. The summed E-state index contributed by atoms with van der Waals surface area (Å²) in [7, 11) is 1.71. The molecule has 0 saturated carbocycles. The van der Waals surface area contributed by atoms with E-state index in [0.717, 1.165) is 68.2 Å². The maximum absolute atomic E-state index is 12.4. The number of aliphatic hydroxyl groups excluding tert-OH is 1. The summed E-state index contributed by atoms with van der Waals surface area (Å²) in [6, 6.07) is 21.6. The molecule has 0 amide bonds. The molecule has 218 valence electrons. The van der Waals surface area contributed by atoms with Gasteiger partial charge in [-0.15, -0.1) is 6.58 Å². The molecule has 7 rings (SSSR count). The van der Waals surface area contributed by atoms with Gasteiger partial charge in [0.15, 0.2) is 12.7 Å². The number of aryl methyl sites for hydroxylation is 2. The van der Waals surface area contributed by atoms with E-state index < -0.39 is 6.10 Å². The molecule has 1 aromatic heterocycles. The van der Waals surface area contributed by atoms with Crippen LogP contribution in [0.4, 0.5) is 0 Å². The molecule has 42 heavy (non-hydrogen) atoms. The number of fused-ring (bicyclic) bond motifs is 4. The van der Waals surface area contributed by atoms with Crippen LogP contribution >= 0.6 is 31.9 Å². The van der Waals surface area contributed by atoms with Gasteiger partial charge in [0.25, 0.3) is 0 Å². The molecule has 3 aliphatic heterocycles. The van der Waals surface area contributed by atoms with Gasteiger partial charge >= 0.3 is 0 Å². The van der Waals surface area contributed by atoms with Crippen LogP contribution in [0.3, 0.4) is 0 Å². The number of hydrogen-bond acceptors (Lipinski definition) is 2. The fourth-order valence-electron chi connectivity index (χ4n) is 7.62. The minimum absolute atomic E-state index is 0.100. The van der Waals surface area contributed by atoms with E-state index in [2.05, 4.69) is 124 Å². The third-order valence-corrected chi connectivity index (χ3v) is 11.4. The first-order valence-corrected chi connectivity index (χ1v) is 16.5. The van der Waals surface area contributed by atoms with E-state index in [1.807, 2.05) is 6.07 Å². The van der Waals surface area contributed by atoms with E-state index in [4.69, 9.17) is 4.74 Å². The van der Waals surface area contributed by atoms with Crippen LogP contribution in [-0.4, -0.2) is 35.8 Å². The number of piperidine rings is 3. The lowest BCUT2D eigenvalue weighted by Gasteiger charge is -2.58. The summed E-state index contributed by atoms with van der Waals surface area (Å²) >= 11 is 7.59. The van der Waals surface area contributed by atoms with Crippen molar-refractivity contribution < 1.29 is 18.9 Å². The molecular weight excluding hydrogens is 652 g/mol. The lowest BCUT2D eigenvalue weighted by molar-refractivity contribution is -0.985. The fraction of sp³-hybridized carbons (Fsp3) is 0.361. The smallest absolute Gasteiger partial charge is 0.213 e. The van der Waals surface area contributed by atoms with Gasteiger partial charge in [0.05, 0.1) is 25.6 Å². The highest BCUT2D eigenvalue weighted by Crippen LogP contribution is 2.48. The van der Waals surface area contributed by atoms with E-state index >= 15 is 0 Å². The number of ether oxygens (including phenoxy) is 1. The summed E-state index contributed by atoms with van der Waals surface area (Å²) in [5, 5.41) is 13.5. The molecule has 3 aliphatic rings. The Morgan fingerprint density at radius 1 is 1.02 bits per heavy atom. The van der Waals surface area contributed by atoms with Gasteiger partial charge in [0.1, 0.15) is 24.4 Å². The molecule has 3 saturated heterocycles. The number of pyridine rings is 1. The van der Waals surface area contributed by atoms with E-state index in [1.54, 1.807) is 7.11 Å². The quantitative estimate of drug-likeness (QED) is 0.116. The van der Waals surface area contributed by atoms with Crippen LogP contribution in [0.2, 0.25) is 0 Å². The second-order valence-corrected chi connectivity index (χ2v) is 14.2. The summed E-state index contributed by atoms with van der Waals surface area (Å²) in [6.45, 7) is 12.2. The Bertz CT molecular complexity index is 1650. The molecule has 6 heteroatoms.